The molecule has 0 spiro atoms. The molecular weight excluding hydrogens is 236 g/mol. The zero-order valence-corrected chi connectivity index (χ0v) is 11.2. The van der Waals surface area contributed by atoms with Gasteiger partial charge in [0.1, 0.15) is 5.82 Å². The molecule has 2 heterocycles. The minimum atomic E-state index is 0.708. The van der Waals surface area contributed by atoms with Gasteiger partial charge in [0.05, 0.1) is 11.1 Å². The van der Waals surface area contributed by atoms with Crippen LogP contribution >= 0.6 is 0 Å². The van der Waals surface area contributed by atoms with Gasteiger partial charge >= 0.3 is 0 Å². The predicted molar refractivity (Wildman–Crippen MR) is 77.9 cm³/mol. The molecule has 0 aliphatic carbocycles. The van der Waals surface area contributed by atoms with Gasteiger partial charge in [0, 0.05) is 18.5 Å². The van der Waals surface area contributed by atoms with E-state index in [4.69, 9.17) is 4.98 Å². The zero-order chi connectivity index (χ0) is 13.2. The Bertz CT molecular complexity index is 615. The molecule has 98 valence electrons. The molecule has 0 bridgehead atoms. The fourth-order valence-corrected chi connectivity index (χ4v) is 2.80. The van der Waals surface area contributed by atoms with E-state index < -0.39 is 0 Å². The van der Waals surface area contributed by atoms with E-state index in [0.29, 0.717) is 5.56 Å². The average molecular weight is 254 g/mol. The Morgan fingerprint density at radius 2 is 2.00 bits per heavy atom. The lowest BCUT2D eigenvalue weighted by Crippen LogP contribution is -2.31. The van der Waals surface area contributed by atoms with Crippen LogP contribution < -0.4 is 4.90 Å². The van der Waals surface area contributed by atoms with Crippen LogP contribution in [0.25, 0.3) is 10.9 Å². The molecule has 1 aromatic carbocycles. The van der Waals surface area contributed by atoms with Gasteiger partial charge in [0.25, 0.3) is 0 Å². The third kappa shape index (κ3) is 2.21. The van der Waals surface area contributed by atoms with Crippen LogP contribution in [-0.4, -0.2) is 24.4 Å². The topological polar surface area (TPSA) is 33.2 Å². The monoisotopic (exact) mass is 254 g/mol. The molecule has 1 aliphatic heterocycles. The van der Waals surface area contributed by atoms with E-state index in [1.165, 1.54) is 19.3 Å². The number of benzene rings is 1. The Morgan fingerprint density at radius 3 is 2.74 bits per heavy atom. The number of aryl methyl sites for hydroxylation is 1. The van der Waals surface area contributed by atoms with Crippen molar-refractivity contribution in [3.8, 4) is 0 Å². The molecule has 0 unspecified atom stereocenters. The number of aromatic nitrogens is 1. The zero-order valence-electron chi connectivity index (χ0n) is 11.2. The normalized spacial score (nSPS) is 15.7. The highest BCUT2D eigenvalue weighted by Gasteiger charge is 2.17. The molecule has 3 rings (SSSR count). The van der Waals surface area contributed by atoms with Gasteiger partial charge < -0.3 is 4.90 Å². The number of hydrogen-bond donors (Lipinski definition) is 0. The minimum absolute atomic E-state index is 0.708. The summed E-state index contributed by atoms with van der Waals surface area (Å²) in [5.74, 6) is 0.858. The number of carbonyl (C=O) groups excluding carboxylic acids is 1. The Hall–Kier alpha value is -1.90. The van der Waals surface area contributed by atoms with Gasteiger partial charge in [-0.1, -0.05) is 18.2 Å². The van der Waals surface area contributed by atoms with E-state index in [2.05, 4.69) is 17.9 Å². The Kier molecular flexibility index (Phi) is 3.20. The average Bonchev–Trinajstić information content (AvgIpc) is 2.47. The standard InChI is InChI=1S/C16H18N2O/c1-12-6-5-7-13-10-14(11-19)16(17-15(12)13)18-8-3-2-4-9-18/h5-7,10-11H,2-4,8-9H2,1H3. The van der Waals surface area contributed by atoms with Crippen molar-refractivity contribution in [3.05, 3.63) is 35.4 Å². The molecule has 2 aromatic rings. The Morgan fingerprint density at radius 1 is 1.21 bits per heavy atom. The maximum Gasteiger partial charge on any atom is 0.153 e. The number of pyridine rings is 1. The lowest BCUT2D eigenvalue weighted by atomic mass is 10.1. The molecule has 0 amide bonds. The van der Waals surface area contributed by atoms with Crippen LogP contribution in [0.1, 0.15) is 35.2 Å². The molecule has 0 saturated carbocycles. The first-order chi connectivity index (χ1) is 9.29. The highest BCUT2D eigenvalue weighted by molar-refractivity contribution is 5.93. The highest BCUT2D eigenvalue weighted by atomic mass is 16.1. The first-order valence-electron chi connectivity index (χ1n) is 6.90. The molecule has 1 fully saturated rings. The van der Waals surface area contributed by atoms with Crippen molar-refractivity contribution >= 4 is 23.0 Å². The highest BCUT2D eigenvalue weighted by Crippen LogP contribution is 2.26. The summed E-state index contributed by atoms with van der Waals surface area (Å²) in [6.45, 7) is 4.08. The van der Waals surface area contributed by atoms with E-state index in [1.807, 2.05) is 18.2 Å². The van der Waals surface area contributed by atoms with Crippen molar-refractivity contribution in [2.45, 2.75) is 26.2 Å². The van der Waals surface area contributed by atoms with Crippen molar-refractivity contribution in [2.75, 3.05) is 18.0 Å². The van der Waals surface area contributed by atoms with Crippen LogP contribution in [0.15, 0.2) is 24.3 Å². The second-order valence-corrected chi connectivity index (χ2v) is 5.21. The number of rotatable bonds is 2. The summed E-state index contributed by atoms with van der Waals surface area (Å²) in [5.41, 5.74) is 2.88. The number of carbonyl (C=O) groups is 1. The second-order valence-electron chi connectivity index (χ2n) is 5.21. The van der Waals surface area contributed by atoms with E-state index in [1.54, 1.807) is 0 Å². The lowest BCUT2D eigenvalue weighted by Gasteiger charge is -2.29. The van der Waals surface area contributed by atoms with E-state index in [9.17, 15) is 4.79 Å². The van der Waals surface area contributed by atoms with Gasteiger partial charge in [0.15, 0.2) is 6.29 Å². The molecule has 0 radical (unpaired) electrons. The molecule has 1 aromatic heterocycles. The first-order valence-corrected chi connectivity index (χ1v) is 6.90. The van der Waals surface area contributed by atoms with E-state index in [0.717, 1.165) is 41.7 Å². The van der Waals surface area contributed by atoms with Crippen LogP contribution in [-0.2, 0) is 0 Å². The van der Waals surface area contributed by atoms with E-state index >= 15 is 0 Å². The maximum absolute atomic E-state index is 11.3. The van der Waals surface area contributed by atoms with Crippen molar-refractivity contribution in [3.63, 3.8) is 0 Å². The smallest absolute Gasteiger partial charge is 0.153 e. The van der Waals surface area contributed by atoms with Crippen molar-refractivity contribution < 1.29 is 4.79 Å². The summed E-state index contributed by atoms with van der Waals surface area (Å²) in [4.78, 5) is 18.3. The lowest BCUT2D eigenvalue weighted by molar-refractivity contribution is 0.112. The van der Waals surface area contributed by atoms with Crippen molar-refractivity contribution in [1.29, 1.82) is 0 Å². The molecule has 1 aliphatic rings. The summed E-state index contributed by atoms with van der Waals surface area (Å²) in [7, 11) is 0. The fourth-order valence-electron chi connectivity index (χ4n) is 2.80. The molecule has 3 heteroatoms. The summed E-state index contributed by atoms with van der Waals surface area (Å²) in [6.07, 6.45) is 4.58. The van der Waals surface area contributed by atoms with Gasteiger partial charge in [-0.3, -0.25) is 4.79 Å². The quantitative estimate of drug-likeness (QED) is 0.771. The van der Waals surface area contributed by atoms with Gasteiger partial charge in [-0.25, -0.2) is 4.98 Å². The summed E-state index contributed by atoms with van der Waals surface area (Å²) < 4.78 is 0. The molecule has 19 heavy (non-hydrogen) atoms. The first kappa shape index (κ1) is 12.2. The van der Waals surface area contributed by atoms with Gasteiger partial charge in [0.2, 0.25) is 0 Å². The number of para-hydroxylation sites is 1. The number of aldehydes is 1. The number of hydrogen-bond acceptors (Lipinski definition) is 3. The van der Waals surface area contributed by atoms with E-state index in [-0.39, 0.29) is 0 Å². The third-order valence-corrected chi connectivity index (χ3v) is 3.84. The number of fused-ring (bicyclic) bond motifs is 1. The maximum atomic E-state index is 11.3. The largest absolute Gasteiger partial charge is 0.356 e. The molecule has 0 atom stereocenters. The van der Waals surface area contributed by atoms with Crippen molar-refractivity contribution in [2.24, 2.45) is 0 Å². The second kappa shape index (κ2) is 5.00. The van der Waals surface area contributed by atoms with Crippen LogP contribution in [0, 0.1) is 6.92 Å². The molecule has 3 nitrogen and oxygen atoms in total. The van der Waals surface area contributed by atoms with Gasteiger partial charge in [-0.05, 0) is 37.8 Å². The molecular formula is C16H18N2O. The Balaban J connectivity index is 2.15. The fraction of sp³-hybridized carbons (Fsp3) is 0.375. The van der Waals surface area contributed by atoms with Crippen LogP contribution in [0.3, 0.4) is 0 Å². The predicted octanol–water partition coefficient (Wildman–Crippen LogP) is 3.35. The summed E-state index contributed by atoms with van der Waals surface area (Å²) in [6, 6.07) is 8.05. The molecule has 0 N–H and O–H groups in total. The number of piperidine rings is 1. The minimum Gasteiger partial charge on any atom is -0.356 e. The number of nitrogens with zero attached hydrogens (tertiary/aromatic N) is 2. The van der Waals surface area contributed by atoms with Crippen molar-refractivity contribution in [1.82, 2.24) is 4.98 Å². The number of anilines is 1. The van der Waals surface area contributed by atoms with Crippen LogP contribution in [0.5, 0.6) is 0 Å². The third-order valence-electron chi connectivity index (χ3n) is 3.84. The SMILES string of the molecule is Cc1cccc2cc(C=O)c(N3CCCCC3)nc12. The van der Waals surface area contributed by atoms with Gasteiger partial charge in [-0.15, -0.1) is 0 Å². The van der Waals surface area contributed by atoms with Crippen LogP contribution in [0.2, 0.25) is 0 Å². The Labute approximate surface area is 113 Å². The van der Waals surface area contributed by atoms with Gasteiger partial charge in [-0.2, -0.15) is 0 Å². The summed E-state index contributed by atoms with van der Waals surface area (Å²) in [5, 5.41) is 1.04. The molecule has 1 saturated heterocycles. The summed E-state index contributed by atoms with van der Waals surface area (Å²) >= 11 is 0. The van der Waals surface area contributed by atoms with Crippen LogP contribution in [0.4, 0.5) is 5.82 Å².